The molecule has 9 heteroatoms. The second-order valence-electron chi connectivity index (χ2n) is 6.52. The van der Waals surface area contributed by atoms with Crippen LogP contribution in [-0.4, -0.2) is 54.3 Å². The summed E-state index contributed by atoms with van der Waals surface area (Å²) in [5.41, 5.74) is 1.85. The van der Waals surface area contributed by atoms with E-state index in [9.17, 15) is 22.8 Å². The van der Waals surface area contributed by atoms with Crippen LogP contribution in [0.3, 0.4) is 0 Å². The molecule has 6 nitrogen and oxygen atoms in total. The summed E-state index contributed by atoms with van der Waals surface area (Å²) in [5.74, 6) is -5.44. The molecular weight excluding hydrogens is 365 g/mol. The topological polar surface area (TPSA) is 78.9 Å². The van der Waals surface area contributed by atoms with Crippen LogP contribution in [0.1, 0.15) is 18.1 Å². The summed E-state index contributed by atoms with van der Waals surface area (Å²) in [5, 5.41) is 11.6. The summed E-state index contributed by atoms with van der Waals surface area (Å²) in [6.45, 7) is 2.22. The second kappa shape index (κ2) is 9.18. The van der Waals surface area contributed by atoms with Gasteiger partial charge >= 0.3 is 12.1 Å². The van der Waals surface area contributed by atoms with E-state index in [0.29, 0.717) is 13.2 Å². The maximum Gasteiger partial charge on any atom is 0.393 e. The Labute approximate surface area is 155 Å². The molecule has 1 aromatic rings. The van der Waals surface area contributed by atoms with Crippen LogP contribution in [0.4, 0.5) is 13.2 Å². The van der Waals surface area contributed by atoms with Gasteiger partial charge in [0, 0.05) is 26.2 Å². The smallest absolute Gasteiger partial charge is 0.393 e. The van der Waals surface area contributed by atoms with Gasteiger partial charge in [-0.05, 0) is 18.1 Å². The first-order valence-corrected chi connectivity index (χ1v) is 8.64. The number of halogens is 3. The lowest BCUT2D eigenvalue weighted by Crippen LogP contribution is -2.36. The minimum Gasteiger partial charge on any atom is -0.481 e. The Hall–Kier alpha value is -2.13. The molecule has 150 valence electrons. The fourth-order valence-corrected chi connectivity index (χ4v) is 3.03. The fourth-order valence-electron chi connectivity index (χ4n) is 3.03. The van der Waals surface area contributed by atoms with Crippen LogP contribution in [0.15, 0.2) is 24.3 Å². The molecule has 0 bridgehead atoms. The highest BCUT2D eigenvalue weighted by Crippen LogP contribution is 2.37. The summed E-state index contributed by atoms with van der Waals surface area (Å²) in [4.78, 5) is 24.3. The van der Waals surface area contributed by atoms with E-state index in [0.717, 1.165) is 11.1 Å². The third kappa shape index (κ3) is 6.21. The van der Waals surface area contributed by atoms with Crippen molar-refractivity contribution < 1.29 is 32.6 Å². The Morgan fingerprint density at radius 1 is 1.22 bits per heavy atom. The maximum absolute atomic E-state index is 13.0. The lowest BCUT2D eigenvalue weighted by atomic mass is 9.96. The van der Waals surface area contributed by atoms with Gasteiger partial charge in [-0.15, -0.1) is 0 Å². The highest BCUT2D eigenvalue weighted by molar-refractivity contribution is 5.78. The lowest BCUT2D eigenvalue weighted by molar-refractivity contribution is -0.188. The summed E-state index contributed by atoms with van der Waals surface area (Å²) < 4.78 is 44.2. The van der Waals surface area contributed by atoms with Gasteiger partial charge in [0.2, 0.25) is 5.91 Å². The number of amides is 1. The van der Waals surface area contributed by atoms with Crippen molar-refractivity contribution in [3.05, 3.63) is 35.4 Å². The number of alkyl halides is 3. The van der Waals surface area contributed by atoms with Crippen molar-refractivity contribution in [3.63, 3.8) is 0 Å². The highest BCUT2D eigenvalue weighted by atomic mass is 19.4. The molecule has 2 atom stereocenters. The molecule has 1 aliphatic rings. The average Bonchev–Trinajstić information content (AvgIpc) is 3.03. The monoisotopic (exact) mass is 388 g/mol. The zero-order chi connectivity index (χ0) is 20.0. The molecule has 1 fully saturated rings. The van der Waals surface area contributed by atoms with E-state index in [1.54, 1.807) is 0 Å². The van der Waals surface area contributed by atoms with Crippen LogP contribution < -0.4 is 5.32 Å². The van der Waals surface area contributed by atoms with Crippen LogP contribution in [-0.2, 0) is 27.5 Å². The zero-order valence-corrected chi connectivity index (χ0v) is 15.0. The number of benzene rings is 1. The number of carbonyl (C=O) groups excluding carboxylic acids is 1. The van der Waals surface area contributed by atoms with Crippen LogP contribution in [0.5, 0.6) is 0 Å². The zero-order valence-electron chi connectivity index (χ0n) is 15.0. The number of ether oxygens (including phenoxy) is 1. The molecule has 1 amide bonds. The number of nitrogens with one attached hydrogen (secondary N) is 1. The normalized spacial score (nSPS) is 20.6. The van der Waals surface area contributed by atoms with Crippen molar-refractivity contribution in [1.82, 2.24) is 10.2 Å². The van der Waals surface area contributed by atoms with E-state index in [-0.39, 0.29) is 19.6 Å². The minimum absolute atomic E-state index is 0.243. The van der Waals surface area contributed by atoms with E-state index in [1.807, 2.05) is 31.2 Å². The first kappa shape index (κ1) is 21.2. The number of carboxylic acids is 1. The molecule has 1 saturated heterocycles. The Kier molecular flexibility index (Phi) is 7.20. The molecule has 1 aromatic carbocycles. The molecule has 0 saturated carbocycles. The number of hydrogen-bond donors (Lipinski definition) is 2. The third-order valence-corrected chi connectivity index (χ3v) is 4.49. The number of carboxylic acid groups (broad SMARTS) is 1. The molecule has 1 aliphatic heterocycles. The Balaban J connectivity index is 1.82. The predicted octanol–water partition coefficient (Wildman–Crippen LogP) is 2.03. The van der Waals surface area contributed by atoms with Gasteiger partial charge < -0.3 is 15.2 Å². The van der Waals surface area contributed by atoms with Gasteiger partial charge in [0.1, 0.15) is 0 Å². The van der Waals surface area contributed by atoms with Crippen LogP contribution >= 0.6 is 0 Å². The van der Waals surface area contributed by atoms with Crippen molar-refractivity contribution in [1.29, 1.82) is 0 Å². The van der Waals surface area contributed by atoms with Crippen molar-refractivity contribution in [3.8, 4) is 0 Å². The van der Waals surface area contributed by atoms with Crippen LogP contribution in [0, 0.1) is 11.8 Å². The molecule has 0 radical (unpaired) electrons. The molecule has 1 heterocycles. The van der Waals surface area contributed by atoms with Gasteiger partial charge in [0.25, 0.3) is 0 Å². The average molecular weight is 388 g/mol. The molecule has 2 N–H and O–H groups in total. The van der Waals surface area contributed by atoms with Crippen LogP contribution in [0.2, 0.25) is 0 Å². The summed E-state index contributed by atoms with van der Waals surface area (Å²) in [6, 6.07) is 7.43. The molecule has 27 heavy (non-hydrogen) atoms. The molecule has 0 unspecified atom stereocenters. The molecule has 0 aliphatic carbocycles. The standard InChI is InChI=1S/C18H23F3N2O4/c1-2-27-11-13-5-3-12(4-6-13)7-22-16(24)10-23-8-14(17(25)26)15(9-23)18(19,20)21/h3-6,14-15H,2,7-11H2,1H3,(H,22,24)(H,25,26)/t14-,15-/m1/s1. The molecule has 2 rings (SSSR count). The summed E-state index contributed by atoms with van der Waals surface area (Å²) in [7, 11) is 0. The van der Waals surface area contributed by atoms with E-state index in [1.165, 1.54) is 4.90 Å². The first-order valence-electron chi connectivity index (χ1n) is 8.64. The van der Waals surface area contributed by atoms with Gasteiger partial charge in [-0.1, -0.05) is 24.3 Å². The maximum atomic E-state index is 13.0. The summed E-state index contributed by atoms with van der Waals surface area (Å²) >= 11 is 0. The van der Waals surface area contributed by atoms with Gasteiger partial charge in [-0.2, -0.15) is 13.2 Å². The van der Waals surface area contributed by atoms with E-state index < -0.39 is 36.4 Å². The molecule has 0 aromatic heterocycles. The lowest BCUT2D eigenvalue weighted by Gasteiger charge is -2.18. The second-order valence-corrected chi connectivity index (χ2v) is 6.52. The van der Waals surface area contributed by atoms with Gasteiger partial charge in [-0.3, -0.25) is 14.5 Å². The Morgan fingerprint density at radius 3 is 2.37 bits per heavy atom. The quantitative estimate of drug-likeness (QED) is 0.713. The summed E-state index contributed by atoms with van der Waals surface area (Å²) in [6.07, 6.45) is -4.60. The van der Waals surface area contributed by atoms with Gasteiger partial charge in [-0.25, -0.2) is 0 Å². The fraction of sp³-hybridized carbons (Fsp3) is 0.556. The van der Waals surface area contributed by atoms with E-state index in [2.05, 4.69) is 5.32 Å². The number of rotatable bonds is 8. The van der Waals surface area contributed by atoms with Crippen molar-refractivity contribution >= 4 is 11.9 Å². The number of likely N-dealkylation sites (tertiary alicyclic amines) is 1. The number of nitrogens with zero attached hydrogens (tertiary/aromatic N) is 1. The Morgan fingerprint density at radius 2 is 1.85 bits per heavy atom. The van der Waals surface area contributed by atoms with Crippen molar-refractivity contribution in [2.45, 2.75) is 26.3 Å². The largest absolute Gasteiger partial charge is 0.481 e. The van der Waals surface area contributed by atoms with Crippen molar-refractivity contribution in [2.24, 2.45) is 11.8 Å². The molecule has 0 spiro atoms. The van der Waals surface area contributed by atoms with Crippen LogP contribution in [0.25, 0.3) is 0 Å². The van der Waals surface area contributed by atoms with E-state index >= 15 is 0 Å². The first-order chi connectivity index (χ1) is 12.7. The van der Waals surface area contributed by atoms with Gasteiger partial charge in [0.05, 0.1) is 25.0 Å². The Bertz CT molecular complexity index is 649. The van der Waals surface area contributed by atoms with Crippen molar-refractivity contribution in [2.75, 3.05) is 26.2 Å². The third-order valence-electron chi connectivity index (χ3n) is 4.49. The number of hydrogen-bond acceptors (Lipinski definition) is 4. The minimum atomic E-state index is -4.60. The van der Waals surface area contributed by atoms with Gasteiger partial charge in [0.15, 0.2) is 0 Å². The molecular formula is C18H23F3N2O4. The highest BCUT2D eigenvalue weighted by Gasteiger charge is 2.52. The van der Waals surface area contributed by atoms with E-state index in [4.69, 9.17) is 9.84 Å². The SMILES string of the molecule is CCOCc1ccc(CNC(=O)CN2C[C@@H](C(F)(F)F)[C@H](C(=O)O)C2)cc1. The number of carbonyl (C=O) groups is 2. The number of aliphatic carboxylic acids is 1. The predicted molar refractivity (Wildman–Crippen MR) is 90.7 cm³/mol.